The third-order valence-electron chi connectivity index (χ3n) is 5.87. The van der Waals surface area contributed by atoms with Crippen molar-refractivity contribution in [2.45, 2.75) is 69.5 Å². The second kappa shape index (κ2) is 8.35. The highest BCUT2D eigenvalue weighted by atomic mass is 32.2. The van der Waals surface area contributed by atoms with Gasteiger partial charge in [-0.15, -0.1) is 21.5 Å². The molecule has 146 valence electrons. The largest absolute Gasteiger partial charge is 0.353 e. The predicted octanol–water partition coefficient (Wildman–Crippen LogP) is 4.21. The van der Waals surface area contributed by atoms with Crippen LogP contribution >= 0.6 is 23.1 Å². The van der Waals surface area contributed by atoms with E-state index in [-0.39, 0.29) is 5.91 Å². The topological polar surface area (TPSA) is 59.8 Å². The zero-order valence-electron chi connectivity index (χ0n) is 16.2. The third kappa shape index (κ3) is 4.24. The predicted molar refractivity (Wildman–Crippen MR) is 111 cm³/mol. The summed E-state index contributed by atoms with van der Waals surface area (Å²) < 4.78 is 2.03. The van der Waals surface area contributed by atoms with Crippen LogP contribution in [0.4, 0.5) is 0 Å². The molecule has 2 aliphatic rings. The van der Waals surface area contributed by atoms with E-state index in [4.69, 9.17) is 0 Å². The molecule has 1 saturated carbocycles. The average molecular weight is 405 g/mol. The van der Waals surface area contributed by atoms with Gasteiger partial charge in [-0.1, -0.05) is 37.9 Å². The molecule has 7 heteroatoms. The van der Waals surface area contributed by atoms with Crippen LogP contribution in [0, 0.1) is 5.92 Å². The highest BCUT2D eigenvalue weighted by Crippen LogP contribution is 2.38. The normalized spacial score (nSPS) is 20.0. The van der Waals surface area contributed by atoms with Crippen LogP contribution in [0.1, 0.15) is 55.9 Å². The smallest absolute Gasteiger partial charge is 0.230 e. The van der Waals surface area contributed by atoms with Crippen LogP contribution in [0.25, 0.3) is 10.7 Å². The Morgan fingerprint density at radius 1 is 1.33 bits per heavy atom. The number of fused-ring (bicyclic) bond motifs is 1. The molecule has 0 aromatic carbocycles. The number of hydrogen-bond acceptors (Lipinski definition) is 5. The van der Waals surface area contributed by atoms with Crippen molar-refractivity contribution < 1.29 is 4.79 Å². The van der Waals surface area contributed by atoms with Crippen molar-refractivity contribution in [3.8, 4) is 10.7 Å². The van der Waals surface area contributed by atoms with Gasteiger partial charge >= 0.3 is 0 Å². The minimum Gasteiger partial charge on any atom is -0.353 e. The number of amides is 1. The molecule has 1 N–H and O–H groups in total. The van der Waals surface area contributed by atoms with Crippen molar-refractivity contribution in [3.05, 3.63) is 16.5 Å². The van der Waals surface area contributed by atoms with E-state index in [2.05, 4.69) is 28.5 Å². The van der Waals surface area contributed by atoms with Crippen molar-refractivity contribution in [2.75, 3.05) is 5.75 Å². The van der Waals surface area contributed by atoms with E-state index in [9.17, 15) is 4.79 Å². The fourth-order valence-corrected chi connectivity index (χ4v) is 6.13. The molecule has 0 aliphatic heterocycles. The van der Waals surface area contributed by atoms with Gasteiger partial charge in [-0.05, 0) is 49.7 Å². The summed E-state index contributed by atoms with van der Waals surface area (Å²) in [6.45, 7) is 2.29. The second-order valence-electron chi connectivity index (χ2n) is 7.78. The fraction of sp³-hybridized carbons (Fsp3) is 0.650. The maximum atomic E-state index is 12.2. The van der Waals surface area contributed by atoms with Gasteiger partial charge in [0, 0.05) is 18.0 Å². The van der Waals surface area contributed by atoms with Crippen LogP contribution < -0.4 is 5.32 Å². The van der Waals surface area contributed by atoms with Crippen molar-refractivity contribution in [3.63, 3.8) is 0 Å². The summed E-state index contributed by atoms with van der Waals surface area (Å²) in [6, 6.07) is 2.69. The lowest BCUT2D eigenvalue weighted by Gasteiger charge is -2.19. The maximum Gasteiger partial charge on any atom is 0.230 e. The van der Waals surface area contributed by atoms with Gasteiger partial charge in [-0.3, -0.25) is 4.79 Å². The lowest BCUT2D eigenvalue weighted by atomic mass is 9.87. The molecule has 1 atom stereocenters. The molecule has 5 nitrogen and oxygen atoms in total. The van der Waals surface area contributed by atoms with Crippen LogP contribution in [0.2, 0.25) is 0 Å². The lowest BCUT2D eigenvalue weighted by molar-refractivity contribution is -0.119. The van der Waals surface area contributed by atoms with Crippen LogP contribution in [0.5, 0.6) is 0 Å². The van der Waals surface area contributed by atoms with E-state index in [0.29, 0.717) is 11.8 Å². The first kappa shape index (κ1) is 19.0. The number of thioether (sulfide) groups is 1. The van der Waals surface area contributed by atoms with Crippen LogP contribution in [0.3, 0.4) is 0 Å². The van der Waals surface area contributed by atoms with Gasteiger partial charge in [0.05, 0.1) is 10.6 Å². The average Bonchev–Trinajstić information content (AvgIpc) is 3.39. The van der Waals surface area contributed by atoms with Gasteiger partial charge in [-0.2, -0.15) is 0 Å². The van der Waals surface area contributed by atoms with Crippen molar-refractivity contribution in [1.29, 1.82) is 0 Å². The maximum absolute atomic E-state index is 12.2. The Bertz CT molecular complexity index is 807. The molecule has 2 aromatic heterocycles. The highest BCUT2D eigenvalue weighted by Gasteiger charge is 2.23. The summed E-state index contributed by atoms with van der Waals surface area (Å²) >= 11 is 3.34. The molecule has 0 bridgehead atoms. The highest BCUT2D eigenvalue weighted by molar-refractivity contribution is 7.99. The minimum absolute atomic E-state index is 0.105. The molecule has 1 unspecified atom stereocenters. The van der Waals surface area contributed by atoms with Crippen molar-refractivity contribution in [2.24, 2.45) is 13.0 Å². The number of hydrogen-bond donors (Lipinski definition) is 1. The molecular formula is C20H28N4OS2. The van der Waals surface area contributed by atoms with E-state index in [0.717, 1.165) is 29.7 Å². The first-order valence-corrected chi connectivity index (χ1v) is 11.9. The summed E-state index contributed by atoms with van der Waals surface area (Å²) in [6.07, 6.45) is 9.65. The van der Waals surface area contributed by atoms with Crippen LogP contribution in [-0.4, -0.2) is 32.5 Å². The van der Waals surface area contributed by atoms with Gasteiger partial charge in [0.2, 0.25) is 5.91 Å². The van der Waals surface area contributed by atoms with Gasteiger partial charge in [0.15, 0.2) is 11.0 Å². The molecule has 4 rings (SSSR count). The monoisotopic (exact) mass is 404 g/mol. The molecule has 2 heterocycles. The summed E-state index contributed by atoms with van der Waals surface area (Å²) in [7, 11) is 2.00. The Kier molecular flexibility index (Phi) is 5.88. The number of nitrogens with zero attached hydrogens (tertiary/aromatic N) is 3. The fourth-order valence-electron chi connectivity index (χ4n) is 4.18. The molecule has 0 saturated heterocycles. The van der Waals surface area contributed by atoms with Gasteiger partial charge in [0.25, 0.3) is 0 Å². The molecule has 0 radical (unpaired) electrons. The summed E-state index contributed by atoms with van der Waals surface area (Å²) in [5.41, 5.74) is 1.50. The Labute approximate surface area is 169 Å². The van der Waals surface area contributed by atoms with E-state index < -0.39 is 0 Å². The second-order valence-corrected chi connectivity index (χ2v) is 9.86. The Morgan fingerprint density at radius 3 is 2.93 bits per heavy atom. The third-order valence-corrected chi connectivity index (χ3v) is 8.12. The summed E-state index contributed by atoms with van der Waals surface area (Å²) in [5, 5.41) is 12.7. The first-order chi connectivity index (χ1) is 13.1. The van der Waals surface area contributed by atoms with Gasteiger partial charge in [0.1, 0.15) is 0 Å². The zero-order valence-corrected chi connectivity index (χ0v) is 17.8. The van der Waals surface area contributed by atoms with E-state index in [1.807, 2.05) is 23.0 Å². The number of nitrogens with one attached hydrogen (secondary N) is 1. The quantitative estimate of drug-likeness (QED) is 0.733. The zero-order chi connectivity index (χ0) is 18.8. The molecule has 1 fully saturated rings. The standard InChI is InChI=1S/C20H28N4OS2/c1-3-13-8-9-16-14(10-13)11-17(27-16)19-22-23-20(24(19)2)26-12-18(25)21-15-6-4-5-7-15/h11,13,15H,3-10,12H2,1-2H3,(H,21,25). The van der Waals surface area contributed by atoms with Crippen molar-refractivity contribution in [1.82, 2.24) is 20.1 Å². The SMILES string of the molecule is CCC1CCc2sc(-c3nnc(SCC(=O)NC4CCCC4)n3C)cc2C1. The Balaban J connectivity index is 1.40. The van der Waals surface area contributed by atoms with E-state index >= 15 is 0 Å². The lowest BCUT2D eigenvalue weighted by Crippen LogP contribution is -2.33. The van der Waals surface area contributed by atoms with Gasteiger partial charge in [-0.25, -0.2) is 0 Å². The molecule has 1 amide bonds. The molecule has 2 aliphatic carbocycles. The van der Waals surface area contributed by atoms with Gasteiger partial charge < -0.3 is 9.88 Å². The Hall–Kier alpha value is -1.34. The molecule has 2 aromatic rings. The first-order valence-electron chi connectivity index (χ1n) is 10.1. The number of rotatable bonds is 6. The summed E-state index contributed by atoms with van der Waals surface area (Å²) in [4.78, 5) is 14.9. The molecule has 27 heavy (non-hydrogen) atoms. The van der Waals surface area contributed by atoms with Crippen molar-refractivity contribution >= 4 is 29.0 Å². The van der Waals surface area contributed by atoms with Crippen LogP contribution in [-0.2, 0) is 24.7 Å². The summed E-state index contributed by atoms with van der Waals surface area (Å²) in [5.74, 6) is 2.25. The number of carbonyl (C=O) groups is 1. The number of thiophene rings is 1. The van der Waals surface area contributed by atoms with E-state index in [1.165, 1.54) is 65.6 Å². The minimum atomic E-state index is 0.105. The van der Waals surface area contributed by atoms with E-state index in [1.54, 1.807) is 0 Å². The number of aromatic nitrogens is 3. The molecule has 0 spiro atoms. The molecular weight excluding hydrogens is 376 g/mol. The number of aryl methyl sites for hydroxylation is 1. The number of carbonyl (C=O) groups excluding carboxylic acids is 1. The Morgan fingerprint density at radius 2 is 2.15 bits per heavy atom. The van der Waals surface area contributed by atoms with Crippen LogP contribution in [0.15, 0.2) is 11.2 Å².